The summed E-state index contributed by atoms with van der Waals surface area (Å²) in [6.45, 7) is 1.48. The van der Waals surface area contributed by atoms with Gasteiger partial charge in [-0.05, 0) is 24.8 Å². The molecule has 1 saturated heterocycles. The first-order valence-electron chi connectivity index (χ1n) is 7.81. The molecule has 1 atom stereocenters. The minimum absolute atomic E-state index is 0.0103. The van der Waals surface area contributed by atoms with Crippen LogP contribution in [0, 0.1) is 16.0 Å². The van der Waals surface area contributed by atoms with E-state index < -0.39 is 11.0 Å². The second kappa shape index (κ2) is 6.78. The van der Waals surface area contributed by atoms with E-state index in [9.17, 15) is 15.2 Å². The number of benzene rings is 1. The van der Waals surface area contributed by atoms with Crippen LogP contribution in [-0.2, 0) is 7.05 Å². The standard InChI is InChI=1S/C16H19ClN4O3/c1-19-9-6-18-16(19)15(22)11-4-7-20(8-5-11)14-3-2-12(21(23)24)10-13(14)17/h2-3,6,9-11,15,22H,4-5,7-8H2,1H3. The Bertz CT molecular complexity index is 741. The van der Waals surface area contributed by atoms with Crippen LogP contribution in [0.4, 0.5) is 11.4 Å². The number of anilines is 1. The normalized spacial score (nSPS) is 17.0. The van der Waals surface area contributed by atoms with Crippen molar-refractivity contribution in [2.75, 3.05) is 18.0 Å². The van der Waals surface area contributed by atoms with E-state index in [4.69, 9.17) is 11.6 Å². The lowest BCUT2D eigenvalue weighted by Crippen LogP contribution is -2.36. The summed E-state index contributed by atoms with van der Waals surface area (Å²) >= 11 is 6.20. The van der Waals surface area contributed by atoms with Crippen LogP contribution in [0.1, 0.15) is 24.8 Å². The molecule has 7 nitrogen and oxygen atoms in total. The first-order chi connectivity index (χ1) is 11.5. The zero-order valence-corrected chi connectivity index (χ0v) is 14.1. The number of aryl methyl sites for hydroxylation is 1. The lowest BCUT2D eigenvalue weighted by molar-refractivity contribution is -0.384. The minimum Gasteiger partial charge on any atom is -0.385 e. The Balaban J connectivity index is 1.67. The van der Waals surface area contributed by atoms with Crippen molar-refractivity contribution in [2.45, 2.75) is 18.9 Å². The summed E-state index contributed by atoms with van der Waals surface area (Å²) < 4.78 is 1.84. The third-order valence-corrected chi connectivity index (χ3v) is 4.89. The molecule has 1 aromatic heterocycles. The fraction of sp³-hybridized carbons (Fsp3) is 0.438. The van der Waals surface area contributed by atoms with Crippen LogP contribution in [0.2, 0.25) is 5.02 Å². The van der Waals surface area contributed by atoms with Crippen LogP contribution < -0.4 is 4.90 Å². The molecule has 2 aromatic rings. The predicted molar refractivity (Wildman–Crippen MR) is 91.2 cm³/mol. The SMILES string of the molecule is Cn1ccnc1C(O)C1CCN(c2ccc([N+](=O)[O-])cc2Cl)CC1. The third-order valence-electron chi connectivity index (χ3n) is 4.59. The van der Waals surface area contributed by atoms with Crippen molar-refractivity contribution in [3.63, 3.8) is 0 Å². The second-order valence-electron chi connectivity index (χ2n) is 6.06. The molecule has 1 aliphatic heterocycles. The van der Waals surface area contributed by atoms with E-state index in [2.05, 4.69) is 9.88 Å². The molecule has 0 spiro atoms. The molecule has 1 aromatic carbocycles. The van der Waals surface area contributed by atoms with Gasteiger partial charge in [0.25, 0.3) is 5.69 Å². The van der Waals surface area contributed by atoms with Gasteiger partial charge in [0.15, 0.2) is 0 Å². The van der Waals surface area contributed by atoms with Crippen molar-refractivity contribution in [1.29, 1.82) is 0 Å². The highest BCUT2D eigenvalue weighted by Crippen LogP contribution is 2.35. The van der Waals surface area contributed by atoms with Crippen molar-refractivity contribution in [2.24, 2.45) is 13.0 Å². The van der Waals surface area contributed by atoms with Crippen LogP contribution in [-0.4, -0.2) is 32.7 Å². The smallest absolute Gasteiger partial charge is 0.271 e. The number of nitrogens with zero attached hydrogens (tertiary/aromatic N) is 4. The summed E-state index contributed by atoms with van der Waals surface area (Å²) in [5.41, 5.74) is 0.788. The van der Waals surface area contributed by atoms with Crippen molar-refractivity contribution in [3.8, 4) is 0 Å². The van der Waals surface area contributed by atoms with E-state index in [1.807, 2.05) is 17.8 Å². The van der Waals surface area contributed by atoms with Crippen LogP contribution in [0.15, 0.2) is 30.6 Å². The highest BCUT2D eigenvalue weighted by molar-refractivity contribution is 6.33. The largest absolute Gasteiger partial charge is 0.385 e. The number of aliphatic hydroxyl groups is 1. The van der Waals surface area contributed by atoms with Crippen LogP contribution >= 0.6 is 11.6 Å². The molecule has 0 amide bonds. The molecule has 128 valence electrons. The first kappa shape index (κ1) is 16.7. The Morgan fingerprint density at radius 3 is 2.67 bits per heavy atom. The van der Waals surface area contributed by atoms with E-state index in [1.165, 1.54) is 12.1 Å². The van der Waals surface area contributed by atoms with Gasteiger partial charge in [-0.15, -0.1) is 0 Å². The zero-order chi connectivity index (χ0) is 17.3. The van der Waals surface area contributed by atoms with Gasteiger partial charge in [-0.2, -0.15) is 0 Å². The molecule has 0 radical (unpaired) electrons. The fourth-order valence-electron chi connectivity index (χ4n) is 3.19. The maximum Gasteiger partial charge on any atom is 0.271 e. The monoisotopic (exact) mass is 350 g/mol. The molecule has 0 aliphatic carbocycles. The number of imidazole rings is 1. The summed E-state index contributed by atoms with van der Waals surface area (Å²) in [4.78, 5) is 16.7. The van der Waals surface area contributed by atoms with E-state index in [-0.39, 0.29) is 11.6 Å². The molecule has 1 fully saturated rings. The van der Waals surface area contributed by atoms with Crippen LogP contribution in [0.3, 0.4) is 0 Å². The molecular weight excluding hydrogens is 332 g/mol. The number of aliphatic hydroxyl groups excluding tert-OH is 1. The maximum absolute atomic E-state index is 10.8. The van der Waals surface area contributed by atoms with Gasteiger partial charge in [0.2, 0.25) is 0 Å². The first-order valence-corrected chi connectivity index (χ1v) is 8.19. The Kier molecular flexibility index (Phi) is 4.73. The zero-order valence-electron chi connectivity index (χ0n) is 13.3. The highest BCUT2D eigenvalue weighted by Gasteiger charge is 2.29. The van der Waals surface area contributed by atoms with Crippen LogP contribution in [0.5, 0.6) is 0 Å². The van der Waals surface area contributed by atoms with Crippen LogP contribution in [0.25, 0.3) is 0 Å². The minimum atomic E-state index is -0.584. The van der Waals surface area contributed by atoms with E-state index in [0.717, 1.165) is 31.6 Å². The van der Waals surface area contributed by atoms with E-state index in [1.54, 1.807) is 12.3 Å². The lowest BCUT2D eigenvalue weighted by atomic mass is 9.90. The fourth-order valence-corrected chi connectivity index (χ4v) is 3.49. The van der Waals surface area contributed by atoms with Crippen molar-refractivity contribution in [3.05, 3.63) is 51.6 Å². The number of rotatable bonds is 4. The molecule has 1 aliphatic rings. The third kappa shape index (κ3) is 3.22. The van der Waals surface area contributed by atoms with Crippen molar-refractivity contribution in [1.82, 2.24) is 9.55 Å². The van der Waals surface area contributed by atoms with Gasteiger partial charge in [0, 0.05) is 44.7 Å². The molecule has 0 bridgehead atoms. The number of nitro benzene ring substituents is 1. The van der Waals surface area contributed by atoms with Crippen molar-refractivity contribution < 1.29 is 10.0 Å². The number of piperidine rings is 1. The molecule has 3 rings (SSSR count). The number of hydrogen-bond donors (Lipinski definition) is 1. The molecule has 0 saturated carbocycles. The summed E-state index contributed by atoms with van der Waals surface area (Å²) in [5.74, 6) is 0.820. The second-order valence-corrected chi connectivity index (χ2v) is 6.47. The van der Waals surface area contributed by atoms with E-state index in [0.29, 0.717) is 10.8 Å². The summed E-state index contributed by atoms with van der Waals surface area (Å²) in [5, 5.41) is 21.7. The molecule has 24 heavy (non-hydrogen) atoms. The summed E-state index contributed by atoms with van der Waals surface area (Å²) in [6, 6.07) is 4.54. The van der Waals surface area contributed by atoms with Crippen molar-refractivity contribution >= 4 is 23.0 Å². The number of nitro groups is 1. The average Bonchev–Trinajstić information content (AvgIpc) is 3.00. The molecule has 2 heterocycles. The number of hydrogen-bond acceptors (Lipinski definition) is 5. The quantitative estimate of drug-likeness (QED) is 0.677. The average molecular weight is 351 g/mol. The van der Waals surface area contributed by atoms with Gasteiger partial charge >= 0.3 is 0 Å². The Morgan fingerprint density at radius 2 is 2.12 bits per heavy atom. The Morgan fingerprint density at radius 1 is 1.42 bits per heavy atom. The van der Waals surface area contributed by atoms with Gasteiger partial charge in [-0.25, -0.2) is 4.98 Å². The Hall–Kier alpha value is -2.12. The predicted octanol–water partition coefficient (Wildman–Crippen LogP) is 2.93. The van der Waals surface area contributed by atoms with E-state index >= 15 is 0 Å². The van der Waals surface area contributed by atoms with Gasteiger partial charge < -0.3 is 14.6 Å². The maximum atomic E-state index is 10.8. The number of non-ortho nitro benzene ring substituents is 1. The number of halogens is 1. The molecular formula is C16H19ClN4O3. The molecule has 8 heteroatoms. The molecule has 1 unspecified atom stereocenters. The van der Waals surface area contributed by atoms with Gasteiger partial charge in [0.1, 0.15) is 11.9 Å². The topological polar surface area (TPSA) is 84.4 Å². The Labute approximate surface area is 144 Å². The lowest BCUT2D eigenvalue weighted by Gasteiger charge is -2.35. The molecule has 1 N–H and O–H groups in total. The van der Waals surface area contributed by atoms with Gasteiger partial charge in [-0.3, -0.25) is 10.1 Å². The van der Waals surface area contributed by atoms with Gasteiger partial charge in [0.05, 0.1) is 15.6 Å². The summed E-state index contributed by atoms with van der Waals surface area (Å²) in [7, 11) is 1.87. The highest BCUT2D eigenvalue weighted by atomic mass is 35.5. The summed E-state index contributed by atoms with van der Waals surface area (Å²) in [6.07, 6.45) is 4.54. The van der Waals surface area contributed by atoms with Gasteiger partial charge in [-0.1, -0.05) is 11.6 Å². The number of aromatic nitrogens is 2.